The molecule has 1 saturated heterocycles. The maximum absolute atomic E-state index is 9.00. The van der Waals surface area contributed by atoms with Crippen LogP contribution in [0.1, 0.15) is 78.6 Å². The third-order valence-corrected chi connectivity index (χ3v) is 3.74. The Bertz CT molecular complexity index is 215. The molecule has 0 aromatic heterocycles. The highest BCUT2D eigenvalue weighted by Crippen LogP contribution is 2.17. The lowest BCUT2D eigenvalue weighted by atomic mass is 10.1. The molecule has 1 heterocycles. The molecule has 0 aromatic carbocycles. The van der Waals surface area contributed by atoms with Gasteiger partial charge in [0.15, 0.2) is 0 Å². The number of carboxylic acid groups (broad SMARTS) is 1. The van der Waals surface area contributed by atoms with Gasteiger partial charge in [-0.2, -0.15) is 0 Å². The Morgan fingerprint density at radius 3 is 2.16 bits per heavy atom. The number of nitrogens with zero attached hydrogens (tertiary/aromatic N) is 1. The van der Waals surface area contributed by atoms with Crippen molar-refractivity contribution in [3.05, 3.63) is 0 Å². The fourth-order valence-electron chi connectivity index (χ4n) is 2.60. The first-order valence-corrected chi connectivity index (χ1v) is 8.01. The summed E-state index contributed by atoms with van der Waals surface area (Å²) in [4.78, 5) is 11.7. The molecule has 0 spiro atoms. The molecule has 0 saturated carbocycles. The van der Waals surface area contributed by atoms with Crippen molar-refractivity contribution in [3.63, 3.8) is 0 Å². The first-order chi connectivity index (χ1) is 9.07. The predicted molar refractivity (Wildman–Crippen MR) is 81.6 cm³/mol. The quantitative estimate of drug-likeness (QED) is 0.669. The molecule has 0 bridgehead atoms. The Labute approximate surface area is 119 Å². The second kappa shape index (κ2) is 12.5. The fourth-order valence-corrected chi connectivity index (χ4v) is 2.60. The average molecular weight is 271 g/mol. The number of carbonyl (C=O) groups is 1. The summed E-state index contributed by atoms with van der Waals surface area (Å²) >= 11 is 0. The number of hydrogen-bond acceptors (Lipinski definition) is 2. The van der Waals surface area contributed by atoms with E-state index >= 15 is 0 Å². The highest BCUT2D eigenvalue weighted by Gasteiger charge is 2.18. The lowest BCUT2D eigenvalue weighted by Crippen LogP contribution is -2.27. The molecule has 0 aliphatic carbocycles. The maximum Gasteiger partial charge on any atom is 0.300 e. The van der Waals surface area contributed by atoms with Crippen LogP contribution in [0.2, 0.25) is 0 Å². The molecule has 19 heavy (non-hydrogen) atoms. The second-order valence-corrected chi connectivity index (χ2v) is 5.67. The molecule has 1 atom stereocenters. The summed E-state index contributed by atoms with van der Waals surface area (Å²) in [7, 11) is 0. The fraction of sp³-hybridized carbons (Fsp3) is 0.938. The van der Waals surface area contributed by atoms with Gasteiger partial charge in [-0.15, -0.1) is 0 Å². The minimum atomic E-state index is -0.833. The van der Waals surface area contributed by atoms with Gasteiger partial charge in [-0.3, -0.25) is 4.79 Å². The van der Waals surface area contributed by atoms with Gasteiger partial charge in [-0.05, 0) is 39.3 Å². The van der Waals surface area contributed by atoms with E-state index in [4.69, 9.17) is 9.90 Å². The van der Waals surface area contributed by atoms with E-state index in [9.17, 15) is 0 Å². The summed E-state index contributed by atoms with van der Waals surface area (Å²) in [6, 6.07) is 0.866. The minimum absolute atomic E-state index is 0.833. The van der Waals surface area contributed by atoms with E-state index in [-0.39, 0.29) is 0 Å². The van der Waals surface area contributed by atoms with Crippen LogP contribution >= 0.6 is 0 Å². The third kappa shape index (κ3) is 12.2. The number of carboxylic acids is 1. The molecular formula is C16H33NO2. The Kier molecular flexibility index (Phi) is 12.1. The molecule has 1 unspecified atom stereocenters. The zero-order valence-electron chi connectivity index (χ0n) is 13.2. The number of aliphatic carboxylic acids is 1. The van der Waals surface area contributed by atoms with Crippen LogP contribution in [0.25, 0.3) is 0 Å². The summed E-state index contributed by atoms with van der Waals surface area (Å²) in [6.07, 6.45) is 12.9. The van der Waals surface area contributed by atoms with E-state index in [0.29, 0.717) is 0 Å². The maximum atomic E-state index is 9.00. The van der Waals surface area contributed by atoms with E-state index in [1.807, 2.05) is 0 Å². The molecule has 1 rings (SSSR count). The van der Waals surface area contributed by atoms with Crippen molar-refractivity contribution in [2.75, 3.05) is 13.1 Å². The van der Waals surface area contributed by atoms with Crippen LogP contribution in [0.4, 0.5) is 0 Å². The highest BCUT2D eigenvalue weighted by atomic mass is 16.4. The monoisotopic (exact) mass is 271 g/mol. The van der Waals surface area contributed by atoms with E-state index in [1.165, 1.54) is 70.9 Å². The van der Waals surface area contributed by atoms with Crippen LogP contribution in [0.3, 0.4) is 0 Å². The van der Waals surface area contributed by atoms with Gasteiger partial charge in [0.25, 0.3) is 5.97 Å². The standard InChI is InChI=1S/C14H29N.C2H4O2/c1-3-4-5-6-7-8-9-12-15-13-10-11-14(15)2;1-2(3)4/h14H,3-13H2,1-2H3;1H3,(H,3,4). The number of hydrogen-bond donors (Lipinski definition) is 1. The Morgan fingerprint density at radius 2 is 1.68 bits per heavy atom. The lowest BCUT2D eigenvalue weighted by molar-refractivity contribution is -0.134. The van der Waals surface area contributed by atoms with Crippen LogP contribution in [-0.4, -0.2) is 35.1 Å². The minimum Gasteiger partial charge on any atom is -0.481 e. The summed E-state index contributed by atoms with van der Waals surface area (Å²) in [5.41, 5.74) is 0. The third-order valence-electron chi connectivity index (χ3n) is 3.74. The molecule has 1 aliphatic rings. The Morgan fingerprint density at radius 1 is 1.16 bits per heavy atom. The number of likely N-dealkylation sites (tertiary alicyclic amines) is 1. The van der Waals surface area contributed by atoms with Crippen molar-refractivity contribution in [3.8, 4) is 0 Å². The first-order valence-electron chi connectivity index (χ1n) is 8.01. The van der Waals surface area contributed by atoms with Crippen molar-refractivity contribution in [1.82, 2.24) is 4.90 Å². The molecule has 0 radical (unpaired) electrons. The molecule has 1 fully saturated rings. The highest BCUT2D eigenvalue weighted by molar-refractivity contribution is 5.62. The van der Waals surface area contributed by atoms with Crippen LogP contribution in [0.5, 0.6) is 0 Å². The van der Waals surface area contributed by atoms with E-state index in [1.54, 1.807) is 0 Å². The largest absolute Gasteiger partial charge is 0.481 e. The Balaban J connectivity index is 0.000000711. The zero-order chi connectivity index (χ0) is 14.5. The number of unbranched alkanes of at least 4 members (excludes halogenated alkanes) is 6. The average Bonchev–Trinajstić information content (AvgIpc) is 2.73. The SMILES string of the molecule is CC(=O)O.CCCCCCCCCN1CCCC1C. The van der Waals surface area contributed by atoms with Gasteiger partial charge in [0.2, 0.25) is 0 Å². The van der Waals surface area contributed by atoms with E-state index in [2.05, 4.69) is 18.7 Å². The predicted octanol–water partition coefficient (Wildman–Crippen LogP) is 4.31. The lowest BCUT2D eigenvalue weighted by Gasteiger charge is -2.20. The van der Waals surface area contributed by atoms with Gasteiger partial charge < -0.3 is 10.0 Å². The smallest absolute Gasteiger partial charge is 0.300 e. The molecule has 0 amide bonds. The molecule has 3 nitrogen and oxygen atoms in total. The summed E-state index contributed by atoms with van der Waals surface area (Å²) in [5, 5.41) is 7.42. The van der Waals surface area contributed by atoms with Gasteiger partial charge in [-0.25, -0.2) is 0 Å². The van der Waals surface area contributed by atoms with Crippen LogP contribution in [0.15, 0.2) is 0 Å². The normalized spacial score (nSPS) is 19.0. The van der Waals surface area contributed by atoms with Crippen LogP contribution in [0, 0.1) is 0 Å². The first kappa shape index (κ1) is 18.4. The summed E-state index contributed by atoms with van der Waals surface area (Å²) < 4.78 is 0. The van der Waals surface area contributed by atoms with Crippen LogP contribution in [-0.2, 0) is 4.79 Å². The zero-order valence-corrected chi connectivity index (χ0v) is 13.2. The molecule has 1 N–H and O–H groups in total. The van der Waals surface area contributed by atoms with Crippen molar-refractivity contribution in [2.24, 2.45) is 0 Å². The van der Waals surface area contributed by atoms with Crippen molar-refractivity contribution < 1.29 is 9.90 Å². The van der Waals surface area contributed by atoms with Gasteiger partial charge in [0.05, 0.1) is 0 Å². The Hall–Kier alpha value is -0.570. The van der Waals surface area contributed by atoms with Crippen LogP contribution < -0.4 is 0 Å². The van der Waals surface area contributed by atoms with Gasteiger partial charge >= 0.3 is 0 Å². The molecule has 1 aliphatic heterocycles. The van der Waals surface area contributed by atoms with Crippen molar-refractivity contribution >= 4 is 5.97 Å². The summed E-state index contributed by atoms with van der Waals surface area (Å²) in [5.74, 6) is -0.833. The van der Waals surface area contributed by atoms with E-state index < -0.39 is 5.97 Å². The van der Waals surface area contributed by atoms with Gasteiger partial charge in [0, 0.05) is 13.0 Å². The van der Waals surface area contributed by atoms with Crippen molar-refractivity contribution in [1.29, 1.82) is 0 Å². The van der Waals surface area contributed by atoms with Crippen molar-refractivity contribution in [2.45, 2.75) is 84.6 Å². The summed E-state index contributed by atoms with van der Waals surface area (Å²) in [6.45, 7) is 8.47. The van der Waals surface area contributed by atoms with E-state index in [0.717, 1.165) is 13.0 Å². The second-order valence-electron chi connectivity index (χ2n) is 5.67. The molecule has 3 heteroatoms. The molecule has 0 aromatic rings. The topological polar surface area (TPSA) is 40.5 Å². The number of rotatable bonds is 8. The van der Waals surface area contributed by atoms with Gasteiger partial charge in [0.1, 0.15) is 0 Å². The van der Waals surface area contributed by atoms with Gasteiger partial charge in [-0.1, -0.05) is 45.4 Å². The molecule has 114 valence electrons. The molecular weight excluding hydrogens is 238 g/mol.